The Hall–Kier alpha value is -0.900. The molecular formula is C8H13ClN4. The van der Waals surface area contributed by atoms with Gasteiger partial charge in [0.25, 0.3) is 0 Å². The minimum atomic E-state index is 0.166. The fourth-order valence-corrected chi connectivity index (χ4v) is 0.857. The molecule has 0 aliphatic carbocycles. The SMILES string of the molecule is CC(C)(C)CNc1cnnc(Cl)n1. The summed E-state index contributed by atoms with van der Waals surface area (Å²) in [5.41, 5.74) is 0.206. The molecule has 0 amide bonds. The van der Waals surface area contributed by atoms with Crippen LogP contribution in [0.15, 0.2) is 6.20 Å². The molecule has 1 N–H and O–H groups in total. The first kappa shape index (κ1) is 10.2. The van der Waals surface area contributed by atoms with Gasteiger partial charge in [-0.25, -0.2) is 0 Å². The highest BCUT2D eigenvalue weighted by molar-refractivity contribution is 6.28. The third-order valence-corrected chi connectivity index (χ3v) is 1.49. The van der Waals surface area contributed by atoms with Crippen LogP contribution >= 0.6 is 11.6 Å². The van der Waals surface area contributed by atoms with E-state index in [1.165, 1.54) is 0 Å². The van der Waals surface area contributed by atoms with Gasteiger partial charge < -0.3 is 5.32 Å². The van der Waals surface area contributed by atoms with E-state index in [0.29, 0.717) is 5.82 Å². The number of nitrogens with one attached hydrogen (secondary N) is 1. The van der Waals surface area contributed by atoms with Crippen LogP contribution in [-0.2, 0) is 0 Å². The average molecular weight is 201 g/mol. The number of rotatable bonds is 2. The van der Waals surface area contributed by atoms with E-state index in [-0.39, 0.29) is 10.7 Å². The van der Waals surface area contributed by atoms with Gasteiger partial charge in [-0.3, -0.25) is 0 Å². The van der Waals surface area contributed by atoms with Gasteiger partial charge in [-0.05, 0) is 17.0 Å². The Kier molecular flexibility index (Phi) is 3.03. The molecule has 4 nitrogen and oxygen atoms in total. The second-order valence-corrected chi connectivity index (χ2v) is 4.36. The predicted molar refractivity (Wildman–Crippen MR) is 52.8 cm³/mol. The summed E-state index contributed by atoms with van der Waals surface area (Å²) in [6, 6.07) is 0. The van der Waals surface area contributed by atoms with Gasteiger partial charge in [-0.15, -0.1) is 5.10 Å². The van der Waals surface area contributed by atoms with Crippen LogP contribution in [0.4, 0.5) is 5.82 Å². The van der Waals surface area contributed by atoms with Crippen LogP contribution in [0.25, 0.3) is 0 Å². The van der Waals surface area contributed by atoms with E-state index in [1.807, 2.05) is 0 Å². The number of nitrogens with zero attached hydrogens (tertiary/aromatic N) is 3. The molecule has 0 saturated heterocycles. The minimum absolute atomic E-state index is 0.166. The summed E-state index contributed by atoms with van der Waals surface area (Å²) < 4.78 is 0. The van der Waals surface area contributed by atoms with Crippen LogP contribution in [0.2, 0.25) is 5.28 Å². The molecule has 0 bridgehead atoms. The zero-order chi connectivity index (χ0) is 9.90. The van der Waals surface area contributed by atoms with Crippen LogP contribution in [0.3, 0.4) is 0 Å². The van der Waals surface area contributed by atoms with Gasteiger partial charge in [0.05, 0.1) is 6.20 Å². The molecule has 0 atom stereocenters. The molecule has 72 valence electrons. The molecule has 1 aromatic heterocycles. The van der Waals surface area contributed by atoms with E-state index < -0.39 is 0 Å². The Morgan fingerprint density at radius 2 is 2.15 bits per heavy atom. The van der Waals surface area contributed by atoms with E-state index in [4.69, 9.17) is 11.6 Å². The zero-order valence-electron chi connectivity index (χ0n) is 8.00. The molecule has 0 unspecified atom stereocenters. The van der Waals surface area contributed by atoms with Gasteiger partial charge in [0.15, 0.2) is 0 Å². The Bertz CT molecular complexity index is 282. The minimum Gasteiger partial charge on any atom is -0.368 e. The van der Waals surface area contributed by atoms with Crippen molar-refractivity contribution in [1.82, 2.24) is 15.2 Å². The summed E-state index contributed by atoms with van der Waals surface area (Å²) >= 11 is 5.57. The van der Waals surface area contributed by atoms with Gasteiger partial charge in [-0.2, -0.15) is 10.1 Å². The lowest BCUT2D eigenvalue weighted by Crippen LogP contribution is -2.19. The monoisotopic (exact) mass is 200 g/mol. The van der Waals surface area contributed by atoms with E-state index >= 15 is 0 Å². The number of halogens is 1. The van der Waals surface area contributed by atoms with E-state index in [2.05, 4.69) is 41.3 Å². The molecule has 1 rings (SSSR count). The van der Waals surface area contributed by atoms with Gasteiger partial charge in [0.2, 0.25) is 5.28 Å². The molecule has 13 heavy (non-hydrogen) atoms. The Morgan fingerprint density at radius 1 is 1.46 bits per heavy atom. The molecule has 0 aliphatic rings. The molecular weight excluding hydrogens is 188 g/mol. The predicted octanol–water partition coefficient (Wildman–Crippen LogP) is 1.98. The molecule has 1 aromatic rings. The molecule has 0 saturated carbocycles. The van der Waals surface area contributed by atoms with Gasteiger partial charge in [0.1, 0.15) is 5.82 Å². The lowest BCUT2D eigenvalue weighted by Gasteiger charge is -2.18. The number of hydrogen-bond acceptors (Lipinski definition) is 4. The van der Waals surface area contributed by atoms with Crippen molar-refractivity contribution in [1.29, 1.82) is 0 Å². The van der Waals surface area contributed by atoms with Crippen molar-refractivity contribution in [2.75, 3.05) is 11.9 Å². The topological polar surface area (TPSA) is 50.7 Å². The summed E-state index contributed by atoms with van der Waals surface area (Å²) in [6.45, 7) is 7.23. The smallest absolute Gasteiger partial charge is 0.244 e. The van der Waals surface area contributed by atoms with Gasteiger partial charge in [-0.1, -0.05) is 20.8 Å². The third kappa shape index (κ3) is 4.03. The second-order valence-electron chi connectivity index (χ2n) is 4.02. The van der Waals surface area contributed by atoms with Gasteiger partial charge >= 0.3 is 0 Å². The highest BCUT2D eigenvalue weighted by Gasteiger charge is 2.09. The molecule has 0 radical (unpaired) electrons. The van der Waals surface area contributed by atoms with Crippen molar-refractivity contribution in [3.8, 4) is 0 Å². The highest BCUT2D eigenvalue weighted by Crippen LogP contribution is 2.13. The standard InChI is InChI=1S/C8H13ClN4/c1-8(2,3)5-10-6-4-11-13-7(9)12-6/h4H,5H2,1-3H3,(H,10,12,13). The normalized spacial score (nSPS) is 11.4. The van der Waals surface area contributed by atoms with Crippen molar-refractivity contribution in [2.45, 2.75) is 20.8 Å². The van der Waals surface area contributed by atoms with Crippen LogP contribution in [-0.4, -0.2) is 21.7 Å². The van der Waals surface area contributed by atoms with E-state index in [9.17, 15) is 0 Å². The van der Waals surface area contributed by atoms with Crippen LogP contribution < -0.4 is 5.32 Å². The fourth-order valence-electron chi connectivity index (χ4n) is 0.723. The largest absolute Gasteiger partial charge is 0.368 e. The van der Waals surface area contributed by atoms with Crippen LogP contribution in [0, 0.1) is 5.41 Å². The molecule has 0 aliphatic heterocycles. The van der Waals surface area contributed by atoms with Crippen molar-refractivity contribution in [3.05, 3.63) is 11.5 Å². The van der Waals surface area contributed by atoms with Crippen molar-refractivity contribution in [2.24, 2.45) is 5.41 Å². The highest BCUT2D eigenvalue weighted by atomic mass is 35.5. The van der Waals surface area contributed by atoms with Crippen molar-refractivity contribution < 1.29 is 0 Å². The Labute approximate surface area is 82.7 Å². The third-order valence-electron chi connectivity index (χ3n) is 1.33. The van der Waals surface area contributed by atoms with Crippen molar-refractivity contribution in [3.63, 3.8) is 0 Å². The van der Waals surface area contributed by atoms with Crippen LogP contribution in [0.5, 0.6) is 0 Å². The van der Waals surface area contributed by atoms with E-state index in [1.54, 1.807) is 6.20 Å². The summed E-state index contributed by atoms with van der Waals surface area (Å²) in [7, 11) is 0. The summed E-state index contributed by atoms with van der Waals surface area (Å²) in [6.07, 6.45) is 1.55. The first-order valence-electron chi connectivity index (χ1n) is 4.06. The zero-order valence-corrected chi connectivity index (χ0v) is 8.76. The lowest BCUT2D eigenvalue weighted by atomic mass is 9.97. The molecule has 0 spiro atoms. The number of aromatic nitrogens is 3. The maximum absolute atomic E-state index is 5.57. The fraction of sp³-hybridized carbons (Fsp3) is 0.625. The maximum Gasteiger partial charge on any atom is 0.244 e. The second kappa shape index (κ2) is 3.87. The molecule has 1 heterocycles. The van der Waals surface area contributed by atoms with E-state index in [0.717, 1.165) is 6.54 Å². The Morgan fingerprint density at radius 3 is 2.69 bits per heavy atom. The number of anilines is 1. The first-order valence-corrected chi connectivity index (χ1v) is 4.44. The molecule has 0 fully saturated rings. The van der Waals surface area contributed by atoms with Crippen molar-refractivity contribution >= 4 is 17.4 Å². The number of hydrogen-bond donors (Lipinski definition) is 1. The lowest BCUT2D eigenvalue weighted by molar-refractivity contribution is 0.442. The summed E-state index contributed by atoms with van der Waals surface area (Å²) in [5.74, 6) is 0.662. The average Bonchev–Trinajstić information content (AvgIpc) is 2.00. The summed E-state index contributed by atoms with van der Waals surface area (Å²) in [5, 5.41) is 10.5. The molecule has 0 aromatic carbocycles. The quantitative estimate of drug-likeness (QED) is 0.793. The van der Waals surface area contributed by atoms with Gasteiger partial charge in [0, 0.05) is 6.54 Å². The molecule has 5 heteroatoms. The summed E-state index contributed by atoms with van der Waals surface area (Å²) in [4.78, 5) is 3.96. The van der Waals surface area contributed by atoms with Crippen LogP contribution in [0.1, 0.15) is 20.8 Å². The maximum atomic E-state index is 5.57. The first-order chi connectivity index (χ1) is 5.97. The Balaban J connectivity index is 2.55.